The second kappa shape index (κ2) is 6.17. The molecule has 0 aliphatic heterocycles. The van der Waals surface area contributed by atoms with Crippen LogP contribution in [-0.2, 0) is 16.5 Å². The van der Waals surface area contributed by atoms with E-state index >= 15 is 0 Å². The van der Waals surface area contributed by atoms with E-state index in [4.69, 9.17) is 4.74 Å². The Morgan fingerprint density at radius 1 is 1.41 bits per heavy atom. The Morgan fingerprint density at radius 3 is 2.41 bits per heavy atom. The third kappa shape index (κ3) is 4.24. The molecule has 1 rings (SSSR count). The largest absolute Gasteiger partial charge is 1.00 e. The van der Waals surface area contributed by atoms with Crippen LogP contribution in [-0.4, -0.2) is 30.1 Å². The zero-order valence-corrected chi connectivity index (χ0v) is 12.8. The molecular formula is C10H13NaO5S. The summed E-state index contributed by atoms with van der Waals surface area (Å²) in [4.78, 5) is -2.33. The van der Waals surface area contributed by atoms with Gasteiger partial charge in [-0.1, -0.05) is 18.2 Å². The fraction of sp³-hybridized carbons (Fsp3) is 0.400. The summed E-state index contributed by atoms with van der Waals surface area (Å²) in [5.41, 5.74) is 0.467. The van der Waals surface area contributed by atoms with Crippen LogP contribution in [0.3, 0.4) is 0 Å². The molecule has 7 heteroatoms. The smallest absolute Gasteiger partial charge is 0.746 e. The van der Waals surface area contributed by atoms with Crippen molar-refractivity contribution in [3.63, 3.8) is 0 Å². The van der Waals surface area contributed by atoms with Gasteiger partial charge in [0.05, 0.1) is 7.11 Å². The van der Waals surface area contributed by atoms with Crippen LogP contribution in [0.15, 0.2) is 24.3 Å². The molecule has 5 nitrogen and oxygen atoms in total. The van der Waals surface area contributed by atoms with E-state index in [1.54, 1.807) is 24.3 Å². The maximum Gasteiger partial charge on any atom is 1.00 e. The molecule has 90 valence electrons. The Labute approximate surface area is 123 Å². The van der Waals surface area contributed by atoms with Gasteiger partial charge in [-0.2, -0.15) is 0 Å². The number of para-hydroxylation sites is 1. The van der Waals surface area contributed by atoms with Crippen molar-refractivity contribution in [3.8, 4) is 5.75 Å². The minimum atomic E-state index is -4.78. The molecule has 1 N–H and O–H groups in total. The monoisotopic (exact) mass is 268 g/mol. The van der Waals surface area contributed by atoms with Crippen LogP contribution in [0, 0.1) is 0 Å². The average Bonchev–Trinajstić information content (AvgIpc) is 2.16. The van der Waals surface area contributed by atoms with Gasteiger partial charge < -0.3 is 14.4 Å². The van der Waals surface area contributed by atoms with Crippen LogP contribution >= 0.6 is 0 Å². The van der Waals surface area contributed by atoms with Gasteiger partial charge in [-0.25, -0.2) is 8.42 Å². The Kier molecular flexibility index (Phi) is 6.13. The average molecular weight is 268 g/mol. The summed E-state index contributed by atoms with van der Waals surface area (Å²) in [6, 6.07) is 6.61. The minimum absolute atomic E-state index is 0. The normalized spacial score (nSPS) is 14.6. The fourth-order valence-electron chi connectivity index (χ4n) is 1.29. The van der Waals surface area contributed by atoms with Gasteiger partial charge in [0.15, 0.2) is 4.93 Å². The molecule has 0 bridgehead atoms. The van der Waals surface area contributed by atoms with Crippen molar-refractivity contribution >= 4 is 10.1 Å². The molecule has 0 saturated carbocycles. The van der Waals surface area contributed by atoms with Crippen molar-refractivity contribution in [2.75, 3.05) is 7.11 Å². The van der Waals surface area contributed by atoms with E-state index in [-0.39, 0.29) is 36.0 Å². The van der Waals surface area contributed by atoms with E-state index in [2.05, 4.69) is 0 Å². The van der Waals surface area contributed by atoms with E-state index in [1.165, 1.54) is 7.11 Å². The number of methoxy groups -OCH3 is 1. The number of hydrogen-bond acceptors (Lipinski definition) is 5. The molecule has 0 aliphatic rings. The van der Waals surface area contributed by atoms with Gasteiger partial charge >= 0.3 is 29.6 Å². The SMILES string of the molecule is COc1ccccc1CC(C)(O)S(=O)(=O)[O-].[Na+]. The number of rotatable bonds is 4. The van der Waals surface area contributed by atoms with Gasteiger partial charge in [0.2, 0.25) is 0 Å². The fourth-order valence-corrected chi connectivity index (χ4v) is 1.62. The molecule has 1 aromatic rings. The second-order valence-corrected chi connectivity index (χ2v) is 5.41. The van der Waals surface area contributed by atoms with Crippen molar-refractivity contribution in [3.05, 3.63) is 29.8 Å². The van der Waals surface area contributed by atoms with Gasteiger partial charge in [0.25, 0.3) is 0 Å². The van der Waals surface area contributed by atoms with Crippen molar-refractivity contribution in [2.24, 2.45) is 0 Å². The molecule has 0 radical (unpaired) electrons. The maximum absolute atomic E-state index is 10.8. The quantitative estimate of drug-likeness (QED) is 0.482. The van der Waals surface area contributed by atoms with Crippen LogP contribution in [0.5, 0.6) is 5.75 Å². The molecule has 0 aliphatic carbocycles. The predicted octanol–water partition coefficient (Wildman–Crippen LogP) is -2.50. The van der Waals surface area contributed by atoms with Crippen LogP contribution in [0.4, 0.5) is 0 Å². The van der Waals surface area contributed by atoms with Crippen molar-refractivity contribution < 1.29 is 52.4 Å². The van der Waals surface area contributed by atoms with Gasteiger partial charge in [-0.3, -0.25) is 0 Å². The van der Waals surface area contributed by atoms with Crippen molar-refractivity contribution in [2.45, 2.75) is 18.3 Å². The summed E-state index contributed by atoms with van der Waals surface area (Å²) >= 11 is 0. The van der Waals surface area contributed by atoms with Crippen LogP contribution in [0.25, 0.3) is 0 Å². The first-order valence-electron chi connectivity index (χ1n) is 4.57. The molecule has 0 saturated heterocycles. The maximum atomic E-state index is 10.8. The van der Waals surface area contributed by atoms with Gasteiger partial charge in [0.1, 0.15) is 15.9 Å². The Hall–Kier alpha value is -0.110. The topological polar surface area (TPSA) is 86.7 Å². The summed E-state index contributed by atoms with van der Waals surface area (Å²) in [6.07, 6.45) is -0.303. The minimum Gasteiger partial charge on any atom is -0.746 e. The molecule has 1 atom stereocenters. The van der Waals surface area contributed by atoms with Crippen LogP contribution in [0.2, 0.25) is 0 Å². The molecule has 0 spiro atoms. The molecule has 0 fully saturated rings. The summed E-state index contributed by atoms with van der Waals surface area (Å²) in [6.45, 7) is 0.974. The van der Waals surface area contributed by atoms with Crippen LogP contribution < -0.4 is 34.3 Å². The van der Waals surface area contributed by atoms with Crippen molar-refractivity contribution in [1.29, 1.82) is 0 Å². The Morgan fingerprint density at radius 2 is 1.94 bits per heavy atom. The molecule has 0 aromatic heterocycles. The van der Waals surface area contributed by atoms with E-state index in [9.17, 15) is 18.1 Å². The number of hydrogen-bond donors (Lipinski definition) is 1. The third-order valence-corrected chi connectivity index (χ3v) is 3.47. The molecule has 17 heavy (non-hydrogen) atoms. The van der Waals surface area contributed by atoms with E-state index < -0.39 is 15.1 Å². The first-order valence-corrected chi connectivity index (χ1v) is 5.98. The molecule has 0 heterocycles. The van der Waals surface area contributed by atoms with E-state index in [0.29, 0.717) is 11.3 Å². The van der Waals surface area contributed by atoms with E-state index in [0.717, 1.165) is 6.92 Å². The summed E-state index contributed by atoms with van der Waals surface area (Å²) in [5, 5.41) is 9.57. The molecular weight excluding hydrogens is 255 g/mol. The zero-order valence-electron chi connectivity index (χ0n) is 10.0. The summed E-state index contributed by atoms with van der Waals surface area (Å²) < 4.78 is 37.4. The molecule has 1 unspecified atom stereocenters. The number of aliphatic hydroxyl groups is 1. The first kappa shape index (κ1) is 16.9. The van der Waals surface area contributed by atoms with Gasteiger partial charge in [-0.15, -0.1) is 0 Å². The number of ether oxygens (including phenoxy) is 1. The molecule has 1 aromatic carbocycles. The Balaban J connectivity index is 0.00000256. The zero-order chi connectivity index (χ0) is 12.4. The predicted molar refractivity (Wildman–Crippen MR) is 57.0 cm³/mol. The summed E-state index contributed by atoms with van der Waals surface area (Å²) in [5.74, 6) is 0.437. The first-order chi connectivity index (χ1) is 7.28. The van der Waals surface area contributed by atoms with Gasteiger partial charge in [-0.05, 0) is 18.6 Å². The van der Waals surface area contributed by atoms with Crippen LogP contribution in [0.1, 0.15) is 12.5 Å². The summed E-state index contributed by atoms with van der Waals surface area (Å²) in [7, 11) is -3.35. The van der Waals surface area contributed by atoms with Gasteiger partial charge in [0, 0.05) is 6.42 Å². The standard InChI is InChI=1S/C10H14O5S.Na/c1-10(11,16(12,13)14)7-8-5-3-4-6-9(8)15-2;/h3-6,11H,7H2,1-2H3,(H,12,13,14);/q;+1/p-1. The third-order valence-electron chi connectivity index (χ3n) is 2.25. The van der Waals surface area contributed by atoms with E-state index in [1.807, 2.05) is 0 Å². The molecule has 0 amide bonds. The Bertz CT molecular complexity index is 469. The van der Waals surface area contributed by atoms with Crippen molar-refractivity contribution in [1.82, 2.24) is 0 Å². The second-order valence-electron chi connectivity index (χ2n) is 3.62. The number of benzene rings is 1.